The van der Waals surface area contributed by atoms with Gasteiger partial charge in [-0.15, -0.1) is 7.05 Å². The van der Waals surface area contributed by atoms with E-state index in [4.69, 9.17) is 14.9 Å². The molecule has 4 aliphatic carbocycles. The number of allylic oxidation sites excluding steroid dienone is 1. The number of carbonyl (C=O) groups is 3. The molecule has 8 atom stereocenters. The summed E-state index contributed by atoms with van der Waals surface area (Å²) in [6, 6.07) is 0. The number of nitrogens with zero attached hydrogens (tertiary/aromatic N) is 1. The summed E-state index contributed by atoms with van der Waals surface area (Å²) in [6.07, 6.45) is 16.8. The van der Waals surface area contributed by atoms with Crippen LogP contribution >= 0.6 is 0 Å². The average Bonchev–Trinajstić information content (AvgIpc) is 3.27. The highest BCUT2D eigenvalue weighted by molar-refractivity contribution is 5.78. The Labute approximate surface area is 266 Å². The molecular weight excluding hydrogens is 556 g/mol. The topological polar surface area (TPSA) is 113 Å². The summed E-state index contributed by atoms with van der Waals surface area (Å²) in [4.78, 5) is 34.8. The molecule has 3 saturated carbocycles. The first kappa shape index (κ1) is 34.9. The van der Waals surface area contributed by atoms with E-state index in [1.54, 1.807) is 5.57 Å². The molecule has 44 heavy (non-hydrogen) atoms. The van der Waals surface area contributed by atoms with Crippen molar-refractivity contribution in [3.8, 4) is 0 Å². The van der Waals surface area contributed by atoms with Crippen molar-refractivity contribution in [2.24, 2.45) is 46.3 Å². The number of ether oxygens (including phenoxy) is 1. The maximum absolute atomic E-state index is 12.4. The quantitative estimate of drug-likeness (QED) is 0.0861. The van der Waals surface area contributed by atoms with Crippen LogP contribution in [0.5, 0.6) is 0 Å². The van der Waals surface area contributed by atoms with Gasteiger partial charge in [0, 0.05) is 6.54 Å². The molecule has 3 fully saturated rings. The number of amides is 1. The number of rotatable bonds is 15. The van der Waals surface area contributed by atoms with E-state index in [1.807, 2.05) is 0 Å². The Bertz CT molecular complexity index is 1060. The van der Waals surface area contributed by atoms with E-state index < -0.39 is 35.4 Å². The van der Waals surface area contributed by atoms with Gasteiger partial charge in [0.2, 0.25) is 0 Å². The molecule has 0 heterocycles. The maximum Gasteiger partial charge on any atom is 0.357 e. The number of hydrogen-bond acceptors (Lipinski definition) is 4. The predicted octanol–water partition coefficient (Wildman–Crippen LogP) is 6.31. The molecule has 0 aliphatic heterocycles. The second kappa shape index (κ2) is 14.2. The summed E-state index contributed by atoms with van der Waals surface area (Å²) >= 11 is 0. The summed E-state index contributed by atoms with van der Waals surface area (Å²) in [5.41, 5.74) is 2.35. The van der Waals surface area contributed by atoms with Gasteiger partial charge in [-0.25, -0.2) is 9.59 Å². The molecule has 0 unspecified atom stereocenters. The largest absolute Gasteiger partial charge is 0.477 e. The standard InChI is InChI=1S/C36H60N2O6/c1-24(2)8-7-9-25(3)29-12-13-30-28-11-10-26-20-27(14-16-35(26,4)31(28)15-17-36(29,30)5)44-19-18-37-32(39)21-38(6,22-33(40)41)23-34(42)43/h10,24-25,27-31H,6-9,11-23H2,1-5H3,(H,37,39)(H,40,41)(H,42,43)/t25-,27+,28+,29-,30+,31+,35+,36-/m1/s1. The first-order valence-corrected chi connectivity index (χ1v) is 17.4. The second-order valence-electron chi connectivity index (χ2n) is 16.0. The van der Waals surface area contributed by atoms with Crippen molar-refractivity contribution in [1.29, 1.82) is 0 Å². The van der Waals surface area contributed by atoms with Crippen LogP contribution in [0.4, 0.5) is 0 Å². The molecule has 1 amide bonds. The van der Waals surface area contributed by atoms with E-state index in [0.717, 1.165) is 54.8 Å². The smallest absolute Gasteiger partial charge is 0.357 e. The van der Waals surface area contributed by atoms with Crippen molar-refractivity contribution < 1.29 is 33.8 Å². The first-order valence-electron chi connectivity index (χ1n) is 17.4. The van der Waals surface area contributed by atoms with E-state index in [-0.39, 0.29) is 18.1 Å². The van der Waals surface area contributed by atoms with Crippen molar-refractivity contribution >= 4 is 17.8 Å². The summed E-state index contributed by atoms with van der Waals surface area (Å²) in [6.45, 7) is 11.7. The van der Waals surface area contributed by atoms with Gasteiger partial charge in [0.25, 0.3) is 5.91 Å². The van der Waals surface area contributed by atoms with Crippen molar-refractivity contribution in [2.45, 2.75) is 111 Å². The number of fused-ring (bicyclic) bond motifs is 5. The van der Waals surface area contributed by atoms with Crippen LogP contribution in [0.25, 0.3) is 0 Å². The molecule has 3 N–H and O–H groups in total. The Morgan fingerprint density at radius 3 is 2.36 bits per heavy atom. The number of aliphatic carboxylic acids is 2. The fraction of sp³-hybridized carbons (Fsp3) is 0.833. The third kappa shape index (κ3) is 7.89. The van der Waals surface area contributed by atoms with Gasteiger partial charge in [0.1, 0.15) is 6.54 Å². The fourth-order valence-electron chi connectivity index (χ4n) is 10.3. The molecular formula is C36H60N2O6. The lowest BCUT2D eigenvalue weighted by molar-refractivity contribution is -0.863. The summed E-state index contributed by atoms with van der Waals surface area (Å²) in [5.74, 6) is 2.14. The zero-order valence-corrected chi connectivity index (χ0v) is 28.1. The fourth-order valence-corrected chi connectivity index (χ4v) is 10.3. The van der Waals surface area contributed by atoms with Crippen molar-refractivity contribution in [3.63, 3.8) is 0 Å². The van der Waals surface area contributed by atoms with Crippen LogP contribution < -0.4 is 5.32 Å². The summed E-state index contributed by atoms with van der Waals surface area (Å²) in [5, 5.41) is 21.0. The zero-order chi connectivity index (χ0) is 32.3. The molecule has 0 bridgehead atoms. The van der Waals surface area contributed by atoms with Gasteiger partial charge in [-0.3, -0.25) is 4.79 Å². The number of quaternary nitrogens is 1. The predicted molar refractivity (Wildman–Crippen MR) is 171 cm³/mol. The van der Waals surface area contributed by atoms with Gasteiger partial charge in [-0.2, -0.15) is 0 Å². The van der Waals surface area contributed by atoms with Crippen molar-refractivity contribution in [1.82, 2.24) is 5.32 Å². The lowest BCUT2D eigenvalue weighted by atomic mass is 9.47. The SMILES string of the molecule is [CH2-][N+](CC(=O)O)(CC(=O)O)CC(=O)NCCO[C@H]1CC[C@@]2(C)C(=CC[C@H]3[C@@H]4CC[C@H]([C@H](C)CCCC(C)C)[C@@]4(C)CC[C@@H]32)C1. The van der Waals surface area contributed by atoms with Gasteiger partial charge in [0.05, 0.1) is 12.7 Å². The molecule has 8 nitrogen and oxygen atoms in total. The molecule has 4 rings (SSSR count). The lowest BCUT2D eigenvalue weighted by Crippen LogP contribution is -2.54. The Kier molecular flexibility index (Phi) is 11.3. The third-order valence-electron chi connectivity index (χ3n) is 12.5. The average molecular weight is 617 g/mol. The number of carbonyl (C=O) groups excluding carboxylic acids is 1. The van der Waals surface area contributed by atoms with Gasteiger partial charge in [0.15, 0.2) is 13.1 Å². The molecule has 0 spiro atoms. The van der Waals surface area contributed by atoms with E-state index >= 15 is 0 Å². The number of carboxylic acids is 2. The van der Waals surface area contributed by atoms with Crippen LogP contribution in [-0.4, -0.2) is 71.4 Å². The molecule has 0 aromatic rings. The molecule has 0 aromatic carbocycles. The second-order valence-corrected chi connectivity index (χ2v) is 16.0. The zero-order valence-electron chi connectivity index (χ0n) is 28.1. The Hall–Kier alpha value is -1.93. The highest BCUT2D eigenvalue weighted by Gasteiger charge is 2.59. The number of carboxylic acid groups (broad SMARTS) is 2. The Morgan fingerprint density at radius 2 is 1.70 bits per heavy atom. The summed E-state index contributed by atoms with van der Waals surface area (Å²) in [7, 11) is 3.69. The Morgan fingerprint density at radius 1 is 1.00 bits per heavy atom. The maximum atomic E-state index is 12.4. The molecule has 8 heteroatoms. The minimum absolute atomic E-state index is 0.140. The van der Waals surface area contributed by atoms with Crippen LogP contribution in [0.15, 0.2) is 11.6 Å². The monoisotopic (exact) mass is 616 g/mol. The highest BCUT2D eigenvalue weighted by Crippen LogP contribution is 2.67. The molecule has 0 saturated heterocycles. The van der Waals surface area contributed by atoms with Crippen molar-refractivity contribution in [2.75, 3.05) is 32.8 Å². The van der Waals surface area contributed by atoms with Gasteiger partial charge in [-0.05, 0) is 97.7 Å². The minimum Gasteiger partial charge on any atom is -0.477 e. The van der Waals surface area contributed by atoms with Gasteiger partial charge < -0.3 is 24.7 Å². The van der Waals surface area contributed by atoms with Crippen LogP contribution in [0, 0.1) is 53.4 Å². The molecule has 0 radical (unpaired) electrons. The molecule has 0 aromatic heterocycles. The summed E-state index contributed by atoms with van der Waals surface area (Å²) < 4.78 is 5.60. The van der Waals surface area contributed by atoms with E-state index in [2.05, 4.69) is 53.1 Å². The lowest BCUT2D eigenvalue weighted by Gasteiger charge is -2.58. The van der Waals surface area contributed by atoms with Crippen molar-refractivity contribution in [3.05, 3.63) is 18.7 Å². The minimum atomic E-state index is -1.19. The van der Waals surface area contributed by atoms with Crippen LogP contribution in [-0.2, 0) is 19.1 Å². The van der Waals surface area contributed by atoms with E-state index in [1.165, 1.54) is 51.4 Å². The third-order valence-corrected chi connectivity index (χ3v) is 12.5. The van der Waals surface area contributed by atoms with Crippen LogP contribution in [0.3, 0.4) is 0 Å². The van der Waals surface area contributed by atoms with Gasteiger partial charge >= 0.3 is 11.9 Å². The Balaban J connectivity index is 1.27. The van der Waals surface area contributed by atoms with E-state index in [9.17, 15) is 14.4 Å². The number of nitrogens with one attached hydrogen (secondary N) is 1. The van der Waals surface area contributed by atoms with Crippen LogP contribution in [0.1, 0.15) is 105 Å². The highest BCUT2D eigenvalue weighted by atomic mass is 16.5. The molecule has 250 valence electrons. The van der Waals surface area contributed by atoms with Crippen LogP contribution in [0.2, 0.25) is 0 Å². The first-order chi connectivity index (χ1) is 20.7. The van der Waals surface area contributed by atoms with Gasteiger partial charge in [-0.1, -0.05) is 65.5 Å². The normalized spacial score (nSPS) is 34.0. The van der Waals surface area contributed by atoms with E-state index in [0.29, 0.717) is 18.6 Å². The molecule has 4 aliphatic rings. The number of hydrogen-bond donors (Lipinski definition) is 3.